The van der Waals surface area contributed by atoms with Gasteiger partial charge in [0.15, 0.2) is 26.2 Å². The molecule has 0 aliphatic heterocycles. The highest BCUT2D eigenvalue weighted by atomic mass is 32.2. The van der Waals surface area contributed by atoms with E-state index in [0.29, 0.717) is 24.4 Å². The van der Waals surface area contributed by atoms with E-state index in [9.17, 15) is 8.42 Å². The minimum atomic E-state index is -3.42. The summed E-state index contributed by atoms with van der Waals surface area (Å²) in [5.41, 5.74) is 0.362. The molecule has 114 valence electrons. The Balaban J connectivity index is 2.46. The first-order valence-corrected chi connectivity index (χ1v) is 8.66. The Morgan fingerprint density at radius 1 is 1.43 bits per heavy atom. The van der Waals surface area contributed by atoms with Gasteiger partial charge >= 0.3 is 0 Å². The Bertz CT molecular complexity index is 722. The van der Waals surface area contributed by atoms with Gasteiger partial charge in [-0.3, -0.25) is 0 Å². The summed E-state index contributed by atoms with van der Waals surface area (Å²) in [6, 6.07) is 1.71. The average molecular weight is 308 g/mol. The highest BCUT2D eigenvalue weighted by Crippen LogP contribution is 2.26. The van der Waals surface area contributed by atoms with Crippen LogP contribution in [0.4, 0.5) is 5.82 Å². The predicted molar refractivity (Wildman–Crippen MR) is 83.3 cm³/mol. The van der Waals surface area contributed by atoms with Crippen LogP contribution in [0.1, 0.15) is 26.2 Å². The summed E-state index contributed by atoms with van der Waals surface area (Å²) in [6.45, 7) is 6.11. The summed E-state index contributed by atoms with van der Waals surface area (Å²) >= 11 is 0. The summed E-state index contributed by atoms with van der Waals surface area (Å²) in [5.74, 6) is 0.451. The van der Waals surface area contributed by atoms with Crippen molar-refractivity contribution < 1.29 is 8.42 Å². The van der Waals surface area contributed by atoms with E-state index in [4.69, 9.17) is 0 Å². The van der Waals surface area contributed by atoms with Gasteiger partial charge in [0, 0.05) is 18.9 Å². The molecule has 0 bridgehead atoms. The molecule has 0 atom stereocenters. The smallest absolute Gasteiger partial charge is 0.185 e. The lowest BCUT2D eigenvalue weighted by Crippen LogP contribution is -2.10. The van der Waals surface area contributed by atoms with Crippen LogP contribution in [0, 0.1) is 0 Å². The molecule has 0 aromatic carbocycles. The van der Waals surface area contributed by atoms with Crippen molar-refractivity contribution in [2.45, 2.75) is 31.1 Å². The molecule has 0 spiro atoms. The van der Waals surface area contributed by atoms with Crippen molar-refractivity contribution in [2.24, 2.45) is 0 Å². The molecule has 0 saturated heterocycles. The molecule has 0 aliphatic carbocycles. The molecular formula is C14H20N4O2S. The third-order valence-electron chi connectivity index (χ3n) is 3.09. The summed E-state index contributed by atoms with van der Waals surface area (Å²) in [7, 11) is -3.42. The lowest BCUT2D eigenvalue weighted by Gasteiger charge is -2.05. The second kappa shape index (κ2) is 6.71. The number of nitrogens with one attached hydrogen (secondary N) is 1. The van der Waals surface area contributed by atoms with Crippen molar-refractivity contribution in [2.75, 3.05) is 17.6 Å². The number of hydrogen-bond donors (Lipinski definition) is 1. The molecular weight excluding hydrogens is 288 g/mol. The Hall–Kier alpha value is -1.89. The van der Waals surface area contributed by atoms with E-state index >= 15 is 0 Å². The standard InChI is InChI=1S/C14H20N4O2S/c1-3-5-6-11-21(19,20)12-13(15-8-4-2)17-18-10-7-9-16-14(12)18/h4,7,9-10H,2-3,5-6,8,11H2,1H3,(H,15,17). The zero-order valence-electron chi connectivity index (χ0n) is 12.1. The number of sulfone groups is 1. The van der Waals surface area contributed by atoms with Crippen LogP contribution in [0.2, 0.25) is 0 Å². The number of nitrogens with zero attached hydrogens (tertiary/aromatic N) is 3. The highest BCUT2D eigenvalue weighted by Gasteiger charge is 2.26. The number of anilines is 1. The van der Waals surface area contributed by atoms with E-state index in [-0.39, 0.29) is 10.6 Å². The fourth-order valence-electron chi connectivity index (χ4n) is 2.08. The van der Waals surface area contributed by atoms with Crippen LogP contribution in [-0.4, -0.2) is 35.3 Å². The fraction of sp³-hybridized carbons (Fsp3) is 0.429. The van der Waals surface area contributed by atoms with Gasteiger partial charge in [-0.15, -0.1) is 11.7 Å². The first-order chi connectivity index (χ1) is 10.1. The van der Waals surface area contributed by atoms with Crippen LogP contribution in [0.3, 0.4) is 0 Å². The van der Waals surface area contributed by atoms with E-state index < -0.39 is 9.84 Å². The maximum Gasteiger partial charge on any atom is 0.185 e. The van der Waals surface area contributed by atoms with Crippen LogP contribution in [0.25, 0.3) is 5.65 Å². The van der Waals surface area contributed by atoms with Gasteiger partial charge in [0.2, 0.25) is 0 Å². The van der Waals surface area contributed by atoms with Gasteiger partial charge in [-0.25, -0.2) is 17.9 Å². The molecule has 0 radical (unpaired) electrons. The molecule has 0 amide bonds. The van der Waals surface area contributed by atoms with Crippen LogP contribution < -0.4 is 5.32 Å². The zero-order valence-corrected chi connectivity index (χ0v) is 12.9. The SMILES string of the molecule is C=CCNc1nn2cccnc2c1S(=O)(=O)CCCCC. The van der Waals surface area contributed by atoms with Crippen molar-refractivity contribution in [3.63, 3.8) is 0 Å². The first kappa shape index (κ1) is 15.5. The molecule has 0 fully saturated rings. The lowest BCUT2D eigenvalue weighted by atomic mass is 10.3. The summed E-state index contributed by atoms with van der Waals surface area (Å²) in [4.78, 5) is 4.34. The van der Waals surface area contributed by atoms with Gasteiger partial charge in [-0.05, 0) is 12.5 Å². The molecule has 0 saturated carbocycles. The van der Waals surface area contributed by atoms with Gasteiger partial charge in [0.05, 0.1) is 5.75 Å². The highest BCUT2D eigenvalue weighted by molar-refractivity contribution is 7.91. The van der Waals surface area contributed by atoms with Crippen LogP contribution in [0.15, 0.2) is 36.0 Å². The molecule has 6 nitrogen and oxygen atoms in total. The first-order valence-electron chi connectivity index (χ1n) is 7.01. The quantitative estimate of drug-likeness (QED) is 0.598. The van der Waals surface area contributed by atoms with E-state index in [1.807, 2.05) is 6.92 Å². The van der Waals surface area contributed by atoms with Crippen LogP contribution >= 0.6 is 0 Å². The van der Waals surface area contributed by atoms with Gasteiger partial charge < -0.3 is 5.32 Å². The number of fused-ring (bicyclic) bond motifs is 1. The monoisotopic (exact) mass is 308 g/mol. The van der Waals surface area contributed by atoms with E-state index in [1.54, 1.807) is 24.5 Å². The third kappa shape index (κ3) is 3.41. The number of unbranched alkanes of at least 4 members (excludes halogenated alkanes) is 2. The lowest BCUT2D eigenvalue weighted by molar-refractivity contribution is 0.592. The number of aromatic nitrogens is 3. The predicted octanol–water partition coefficient (Wildman–Crippen LogP) is 2.29. The van der Waals surface area contributed by atoms with Crippen molar-refractivity contribution in [1.82, 2.24) is 14.6 Å². The summed E-state index contributed by atoms with van der Waals surface area (Å²) in [6.07, 6.45) is 7.42. The van der Waals surface area contributed by atoms with Crippen LogP contribution in [-0.2, 0) is 9.84 Å². The fourth-order valence-corrected chi connectivity index (χ4v) is 3.70. The molecule has 1 N–H and O–H groups in total. The van der Waals surface area contributed by atoms with Crippen molar-refractivity contribution in [3.05, 3.63) is 31.1 Å². The van der Waals surface area contributed by atoms with E-state index in [2.05, 4.69) is 22.0 Å². The number of hydrogen-bond acceptors (Lipinski definition) is 5. The molecule has 2 aromatic heterocycles. The van der Waals surface area contributed by atoms with Gasteiger partial charge in [0.1, 0.15) is 0 Å². The maximum atomic E-state index is 12.6. The van der Waals surface area contributed by atoms with Crippen LogP contribution in [0.5, 0.6) is 0 Å². The van der Waals surface area contributed by atoms with Gasteiger partial charge in [-0.2, -0.15) is 0 Å². The Kier molecular flexibility index (Phi) is 4.95. The Morgan fingerprint density at radius 3 is 2.95 bits per heavy atom. The second-order valence-corrected chi connectivity index (χ2v) is 6.81. The number of rotatable bonds is 8. The molecule has 2 heterocycles. The van der Waals surface area contributed by atoms with Crippen molar-refractivity contribution in [1.29, 1.82) is 0 Å². The zero-order chi connectivity index (χ0) is 15.3. The molecule has 0 aliphatic rings. The van der Waals surface area contributed by atoms with E-state index in [0.717, 1.165) is 12.8 Å². The largest absolute Gasteiger partial charge is 0.364 e. The summed E-state index contributed by atoms with van der Waals surface area (Å²) < 4.78 is 26.7. The van der Waals surface area contributed by atoms with Gasteiger partial charge in [-0.1, -0.05) is 25.8 Å². The van der Waals surface area contributed by atoms with Crippen molar-refractivity contribution in [3.8, 4) is 0 Å². The van der Waals surface area contributed by atoms with E-state index in [1.165, 1.54) is 4.52 Å². The molecule has 7 heteroatoms. The third-order valence-corrected chi connectivity index (χ3v) is 4.92. The van der Waals surface area contributed by atoms with Crippen molar-refractivity contribution >= 4 is 21.3 Å². The summed E-state index contributed by atoms with van der Waals surface area (Å²) in [5, 5.41) is 7.24. The minimum Gasteiger partial charge on any atom is -0.364 e. The molecule has 2 rings (SSSR count). The molecule has 2 aromatic rings. The maximum absolute atomic E-state index is 12.6. The average Bonchev–Trinajstić information content (AvgIpc) is 2.84. The topological polar surface area (TPSA) is 76.4 Å². The molecule has 21 heavy (non-hydrogen) atoms. The molecule has 0 unspecified atom stereocenters. The van der Waals surface area contributed by atoms with Gasteiger partial charge in [0.25, 0.3) is 0 Å². The Morgan fingerprint density at radius 2 is 2.24 bits per heavy atom. The minimum absolute atomic E-state index is 0.113. The second-order valence-electron chi connectivity index (χ2n) is 4.76. The normalized spacial score (nSPS) is 11.7. The Labute approximate surface area is 124 Å².